The Morgan fingerprint density at radius 1 is 0.448 bits per heavy atom. The van der Waals surface area contributed by atoms with Crippen molar-refractivity contribution >= 4 is 60.2 Å². The number of carbonyl (C=O) groups is 6. The molecule has 0 amide bonds. The van der Waals surface area contributed by atoms with Crippen molar-refractivity contribution in [2.24, 2.45) is 0 Å². The molecule has 0 unspecified atom stereocenters. The van der Waals surface area contributed by atoms with Gasteiger partial charge in [0, 0.05) is 39.3 Å². The molecule has 2 radical (unpaired) electrons. The standard InChI is InChI=1S/2C6H9NO6.2H2O.Sb/c2*8-4(9)1-7(2-5(10)11)3-6(12)13;;;/h2*1-3H2,(H,8,9)(H,10,11)(H,12,13);2*1H2;/q;;;;+3/p-3. The summed E-state index contributed by atoms with van der Waals surface area (Å²) in [4.78, 5) is 61.2. The molecule has 0 saturated heterocycles. The van der Waals surface area contributed by atoms with Crippen molar-refractivity contribution in [3.63, 3.8) is 0 Å². The van der Waals surface area contributed by atoms with Crippen LogP contribution < -0.4 is 30.6 Å². The minimum absolute atomic E-state index is 0. The first-order valence-corrected chi connectivity index (χ1v) is 6.47. The normalized spacial score (nSPS) is 8.90. The van der Waals surface area contributed by atoms with E-state index in [2.05, 4.69) is 0 Å². The summed E-state index contributed by atoms with van der Waals surface area (Å²) in [5.74, 6) is -9.40. The second-order valence-corrected chi connectivity index (χ2v) is 4.52. The van der Waals surface area contributed by atoms with Crippen LogP contribution in [0.1, 0.15) is 4.28 Å². The zero-order chi connectivity index (χ0) is 20.9. The molecule has 17 heteroatoms. The third-order valence-corrected chi connectivity index (χ3v) is 2.12. The molecule has 0 aromatic heterocycles. The minimum atomic E-state index is -1.57. The van der Waals surface area contributed by atoms with Crippen LogP contribution in [0, 0.1) is 0 Å². The summed E-state index contributed by atoms with van der Waals surface area (Å²) in [6.07, 6.45) is 0. The zero-order valence-electron chi connectivity index (χ0n) is 17.5. The fraction of sp³-hybridized carbons (Fsp3) is 0.500. The first-order valence-electron chi connectivity index (χ1n) is 6.47. The molecule has 0 rings (SSSR count). The summed E-state index contributed by atoms with van der Waals surface area (Å²) in [6, 6.07) is 0. The average molecular weight is 537 g/mol. The van der Waals surface area contributed by atoms with Gasteiger partial charge in [-0.2, -0.15) is 0 Å². The maximum absolute atomic E-state index is 9.99. The molecule has 166 valence electrons. The maximum atomic E-state index is 9.99. The third kappa shape index (κ3) is 30.4. The number of hydrogen-bond acceptors (Lipinski definition) is 14. The number of aliphatic carboxylic acids is 6. The van der Waals surface area contributed by atoms with Crippen LogP contribution in [0.2, 0.25) is 0 Å². The van der Waals surface area contributed by atoms with E-state index in [1.54, 1.807) is 0 Å². The molecule has 0 saturated carbocycles. The molecule has 0 aliphatic carbocycles. The molecule has 0 fully saturated rings. The first kappa shape index (κ1) is 37.3. The van der Waals surface area contributed by atoms with Gasteiger partial charge < -0.3 is 70.4 Å². The van der Waals surface area contributed by atoms with Crippen molar-refractivity contribution < 1.29 is 74.6 Å². The molecular weight excluding hydrogens is 518 g/mol. The number of carboxylic acid groups (broad SMARTS) is 6. The predicted molar refractivity (Wildman–Crippen MR) is 79.2 cm³/mol. The summed E-state index contributed by atoms with van der Waals surface area (Å²) in [5, 5.41) is 60.0. The molecule has 0 heterocycles. The van der Waals surface area contributed by atoms with Gasteiger partial charge in [0.15, 0.2) is 0 Å². The Bertz CT molecular complexity index is 445. The van der Waals surface area contributed by atoms with E-state index < -0.39 is 75.1 Å². The van der Waals surface area contributed by atoms with E-state index in [0.29, 0.717) is 9.80 Å². The minimum Gasteiger partial charge on any atom is -0.549 e. The van der Waals surface area contributed by atoms with E-state index in [1.165, 1.54) is 0 Å². The number of nitrogens with zero attached hydrogens (tertiary/aromatic N) is 2. The van der Waals surface area contributed by atoms with E-state index in [-0.39, 0.29) is 39.7 Å². The predicted octanol–water partition coefficient (Wildman–Crippen LogP) is -12.6. The van der Waals surface area contributed by atoms with Gasteiger partial charge in [-0.25, -0.2) is 0 Å². The second-order valence-electron chi connectivity index (χ2n) is 4.52. The van der Waals surface area contributed by atoms with Crippen molar-refractivity contribution in [1.82, 2.24) is 9.80 Å². The first-order chi connectivity index (χ1) is 11.8. The van der Waals surface area contributed by atoms with Crippen molar-refractivity contribution in [1.29, 1.82) is 0 Å². The average Bonchev–Trinajstić information content (AvgIpc) is 2.33. The molecule has 0 aromatic carbocycles. The van der Waals surface area contributed by atoms with Gasteiger partial charge in [0.05, 0.1) is 35.8 Å². The van der Waals surface area contributed by atoms with Gasteiger partial charge in [0.1, 0.15) is 0 Å². The molecule has 16 nitrogen and oxygen atoms in total. The van der Waals surface area contributed by atoms with Gasteiger partial charge in [-0.05, 0) is 0 Å². The number of carbonyl (C=O) groups excluding carboxylic acids is 6. The third-order valence-electron chi connectivity index (χ3n) is 2.12. The second kappa shape index (κ2) is 20.2. The van der Waals surface area contributed by atoms with Gasteiger partial charge >= 0.3 is 28.7 Å². The van der Waals surface area contributed by atoms with Gasteiger partial charge in [-0.3, -0.25) is 9.80 Å². The van der Waals surface area contributed by atoms with E-state index in [9.17, 15) is 59.4 Å². The summed E-state index contributed by atoms with van der Waals surface area (Å²) in [6.45, 7) is -4.74. The topological polar surface area (TPSA) is 310 Å². The number of carboxylic acids is 6. The molecule has 4 N–H and O–H groups in total. The van der Waals surface area contributed by atoms with Gasteiger partial charge in [-0.15, -0.1) is 0 Å². The van der Waals surface area contributed by atoms with Gasteiger partial charge in [0.2, 0.25) is 0 Å². The molecule has 29 heavy (non-hydrogen) atoms. The summed E-state index contributed by atoms with van der Waals surface area (Å²) in [5.41, 5.74) is 0. The summed E-state index contributed by atoms with van der Waals surface area (Å²) in [7, 11) is 0. The number of rotatable bonds is 12. The Morgan fingerprint density at radius 3 is 0.621 bits per heavy atom. The van der Waals surface area contributed by atoms with Crippen LogP contribution in [-0.2, 0) is 28.8 Å². The summed E-state index contributed by atoms with van der Waals surface area (Å²) >= 11 is 0. The Kier molecular flexibility index (Phi) is 26.0. The van der Waals surface area contributed by atoms with E-state index >= 15 is 0 Å². The maximum Gasteiger partial charge on any atom is 3.00 e. The van der Waals surface area contributed by atoms with Crippen LogP contribution >= 0.6 is 0 Å². The van der Waals surface area contributed by atoms with E-state index in [4.69, 9.17) is 0 Å². The SMILES string of the molecule is O.O.O=C([O-])CN(CC(=O)[O-])CC(=O)[O-].O=C([O-])CN(CC(=O)[O-])CC(=O)[O-].[H+].[H+].[H+].[Sb+3]. The van der Waals surface area contributed by atoms with Crippen molar-refractivity contribution in [2.45, 2.75) is 0 Å². The monoisotopic (exact) mass is 536 g/mol. The Morgan fingerprint density at radius 2 is 0.552 bits per heavy atom. The fourth-order valence-electron chi connectivity index (χ4n) is 1.43. The largest absolute Gasteiger partial charge is 3.00 e. The van der Waals surface area contributed by atoms with E-state index in [0.717, 1.165) is 0 Å². The Hall–Kier alpha value is -2.52. The molecular formula is C12H19N2O14Sb. The van der Waals surface area contributed by atoms with Crippen LogP contribution in [0.4, 0.5) is 0 Å². The van der Waals surface area contributed by atoms with E-state index in [1.807, 2.05) is 0 Å². The molecule has 0 aromatic rings. The van der Waals surface area contributed by atoms with Crippen LogP contribution in [0.15, 0.2) is 0 Å². The molecule has 0 bridgehead atoms. The van der Waals surface area contributed by atoms with Gasteiger partial charge in [0.25, 0.3) is 0 Å². The fourth-order valence-corrected chi connectivity index (χ4v) is 1.43. The Balaban J connectivity index is -0.0000000505. The van der Waals surface area contributed by atoms with Crippen LogP contribution in [-0.4, -0.2) is 120 Å². The zero-order valence-corrected chi connectivity index (χ0v) is 17.0. The van der Waals surface area contributed by atoms with Crippen LogP contribution in [0.5, 0.6) is 0 Å². The molecule has 0 aliphatic heterocycles. The molecule has 0 spiro atoms. The molecule has 0 atom stereocenters. The van der Waals surface area contributed by atoms with Crippen molar-refractivity contribution in [2.75, 3.05) is 39.3 Å². The Labute approximate surface area is 184 Å². The quantitative estimate of drug-likeness (QED) is 0.209. The number of hydrogen-bond donors (Lipinski definition) is 0. The molecule has 0 aliphatic rings. The van der Waals surface area contributed by atoms with Gasteiger partial charge in [-0.1, -0.05) is 0 Å². The smallest absolute Gasteiger partial charge is 0.549 e. The van der Waals surface area contributed by atoms with Crippen molar-refractivity contribution in [3.8, 4) is 0 Å². The van der Waals surface area contributed by atoms with Crippen LogP contribution in [0.3, 0.4) is 0 Å². The van der Waals surface area contributed by atoms with Crippen LogP contribution in [0.25, 0.3) is 0 Å². The summed E-state index contributed by atoms with van der Waals surface area (Å²) < 4.78 is 0. The van der Waals surface area contributed by atoms with Crippen molar-refractivity contribution in [3.05, 3.63) is 0 Å².